The maximum atomic E-state index is 11.5. The number of nitrogens with two attached hydrogens (primary N) is 1. The SMILES string of the molecule is CCOc1nc(-c2c(C)nn3ccccc23)sc1C(N)=O. The van der Waals surface area contributed by atoms with E-state index in [1.807, 2.05) is 38.2 Å². The molecule has 21 heavy (non-hydrogen) atoms. The molecule has 0 bridgehead atoms. The van der Waals surface area contributed by atoms with Gasteiger partial charge in [-0.1, -0.05) is 6.07 Å². The van der Waals surface area contributed by atoms with Crippen LogP contribution in [0.25, 0.3) is 16.1 Å². The van der Waals surface area contributed by atoms with Crippen molar-refractivity contribution in [1.82, 2.24) is 14.6 Å². The summed E-state index contributed by atoms with van der Waals surface area (Å²) in [7, 11) is 0. The predicted octanol–water partition coefficient (Wildman–Crippen LogP) is 2.26. The number of primary amides is 1. The molecule has 7 heteroatoms. The minimum Gasteiger partial charge on any atom is -0.477 e. The summed E-state index contributed by atoms with van der Waals surface area (Å²) >= 11 is 1.23. The normalized spacial score (nSPS) is 11.0. The number of carbonyl (C=O) groups excluding carboxylic acids is 1. The van der Waals surface area contributed by atoms with Gasteiger partial charge in [0.2, 0.25) is 5.88 Å². The molecule has 0 aromatic carbocycles. The zero-order valence-corrected chi connectivity index (χ0v) is 12.5. The van der Waals surface area contributed by atoms with E-state index in [1.54, 1.807) is 4.52 Å². The molecule has 0 aliphatic rings. The first-order valence-corrected chi connectivity index (χ1v) is 7.31. The van der Waals surface area contributed by atoms with Crippen molar-refractivity contribution in [1.29, 1.82) is 0 Å². The van der Waals surface area contributed by atoms with E-state index in [0.29, 0.717) is 22.4 Å². The van der Waals surface area contributed by atoms with Gasteiger partial charge in [-0.15, -0.1) is 11.3 Å². The van der Waals surface area contributed by atoms with Gasteiger partial charge in [0.1, 0.15) is 5.01 Å². The molecule has 6 nitrogen and oxygen atoms in total. The third-order valence-electron chi connectivity index (χ3n) is 3.03. The van der Waals surface area contributed by atoms with E-state index in [9.17, 15) is 4.79 Å². The fourth-order valence-corrected chi connectivity index (χ4v) is 3.15. The molecule has 3 aromatic rings. The molecule has 0 radical (unpaired) electrons. The lowest BCUT2D eigenvalue weighted by Crippen LogP contribution is -2.10. The molecule has 0 unspecified atom stereocenters. The van der Waals surface area contributed by atoms with Gasteiger partial charge >= 0.3 is 0 Å². The summed E-state index contributed by atoms with van der Waals surface area (Å²) < 4.78 is 7.19. The summed E-state index contributed by atoms with van der Waals surface area (Å²) in [4.78, 5) is 16.3. The largest absolute Gasteiger partial charge is 0.477 e. The fourth-order valence-electron chi connectivity index (χ4n) is 2.18. The monoisotopic (exact) mass is 302 g/mol. The van der Waals surface area contributed by atoms with Crippen molar-refractivity contribution in [3.8, 4) is 16.5 Å². The van der Waals surface area contributed by atoms with Crippen molar-refractivity contribution in [3.63, 3.8) is 0 Å². The maximum Gasteiger partial charge on any atom is 0.264 e. The molecule has 0 saturated carbocycles. The van der Waals surface area contributed by atoms with E-state index in [2.05, 4.69) is 10.1 Å². The average molecular weight is 302 g/mol. The summed E-state index contributed by atoms with van der Waals surface area (Å²) in [5.41, 5.74) is 8.07. The number of hydrogen-bond donors (Lipinski definition) is 1. The van der Waals surface area contributed by atoms with Crippen molar-refractivity contribution in [2.45, 2.75) is 13.8 Å². The van der Waals surface area contributed by atoms with Crippen molar-refractivity contribution in [2.75, 3.05) is 6.61 Å². The molecular weight excluding hydrogens is 288 g/mol. The molecule has 0 fully saturated rings. The molecule has 3 heterocycles. The Balaban J connectivity index is 2.21. The van der Waals surface area contributed by atoms with Crippen LogP contribution in [-0.2, 0) is 0 Å². The minimum absolute atomic E-state index is 0.291. The van der Waals surface area contributed by atoms with E-state index in [1.165, 1.54) is 11.3 Å². The number of carbonyl (C=O) groups is 1. The van der Waals surface area contributed by atoms with E-state index >= 15 is 0 Å². The summed E-state index contributed by atoms with van der Waals surface area (Å²) in [6.07, 6.45) is 1.87. The number of aryl methyl sites for hydroxylation is 1. The Morgan fingerprint density at radius 3 is 3.00 bits per heavy atom. The van der Waals surface area contributed by atoms with Crippen molar-refractivity contribution in [3.05, 3.63) is 35.0 Å². The van der Waals surface area contributed by atoms with Crippen LogP contribution in [-0.4, -0.2) is 27.1 Å². The van der Waals surface area contributed by atoms with Gasteiger partial charge in [0.15, 0.2) is 4.88 Å². The maximum absolute atomic E-state index is 11.5. The van der Waals surface area contributed by atoms with Crippen LogP contribution in [0.1, 0.15) is 22.3 Å². The van der Waals surface area contributed by atoms with E-state index in [0.717, 1.165) is 16.8 Å². The Hall–Kier alpha value is -2.41. The van der Waals surface area contributed by atoms with Gasteiger partial charge in [-0.3, -0.25) is 4.79 Å². The number of thiazole rings is 1. The Kier molecular flexibility index (Phi) is 3.34. The number of nitrogens with zero attached hydrogens (tertiary/aromatic N) is 3. The van der Waals surface area contributed by atoms with Crippen molar-refractivity contribution < 1.29 is 9.53 Å². The van der Waals surface area contributed by atoms with E-state index in [-0.39, 0.29) is 0 Å². The second-order valence-electron chi connectivity index (χ2n) is 4.44. The van der Waals surface area contributed by atoms with Gasteiger partial charge in [-0.25, -0.2) is 9.50 Å². The van der Waals surface area contributed by atoms with Crippen LogP contribution >= 0.6 is 11.3 Å². The highest BCUT2D eigenvalue weighted by atomic mass is 32.1. The highest BCUT2D eigenvalue weighted by molar-refractivity contribution is 7.17. The molecule has 1 amide bonds. The number of aromatic nitrogens is 3. The van der Waals surface area contributed by atoms with Crippen LogP contribution in [0.5, 0.6) is 5.88 Å². The fraction of sp³-hybridized carbons (Fsp3) is 0.214. The molecule has 3 rings (SSSR count). The number of fused-ring (bicyclic) bond motifs is 1. The number of pyridine rings is 1. The van der Waals surface area contributed by atoms with Gasteiger partial charge in [0, 0.05) is 6.20 Å². The van der Waals surface area contributed by atoms with Gasteiger partial charge in [0.05, 0.1) is 23.4 Å². The highest BCUT2D eigenvalue weighted by Crippen LogP contribution is 2.36. The number of amides is 1. The molecule has 0 saturated heterocycles. The molecule has 2 N–H and O–H groups in total. The standard InChI is InChI=1S/C14H14N4O2S/c1-3-20-13-11(12(15)19)21-14(16-13)10-8(2)17-18-7-5-4-6-9(10)18/h4-7H,3H2,1-2H3,(H2,15,19). The summed E-state index contributed by atoms with van der Waals surface area (Å²) in [5, 5.41) is 5.13. The second-order valence-corrected chi connectivity index (χ2v) is 5.44. The second kappa shape index (κ2) is 5.17. The summed E-state index contributed by atoms with van der Waals surface area (Å²) in [6.45, 7) is 4.18. The lowest BCUT2D eigenvalue weighted by atomic mass is 10.2. The van der Waals surface area contributed by atoms with Crippen LogP contribution in [0, 0.1) is 6.92 Å². The third kappa shape index (κ3) is 2.25. The number of ether oxygens (including phenoxy) is 1. The minimum atomic E-state index is -0.531. The van der Waals surface area contributed by atoms with Crippen LogP contribution in [0.2, 0.25) is 0 Å². The van der Waals surface area contributed by atoms with Crippen LogP contribution < -0.4 is 10.5 Å². The number of hydrogen-bond acceptors (Lipinski definition) is 5. The van der Waals surface area contributed by atoms with E-state index < -0.39 is 5.91 Å². The smallest absolute Gasteiger partial charge is 0.264 e. The van der Waals surface area contributed by atoms with Gasteiger partial charge in [-0.2, -0.15) is 5.10 Å². The van der Waals surface area contributed by atoms with Crippen molar-refractivity contribution >= 4 is 22.8 Å². The lowest BCUT2D eigenvalue weighted by molar-refractivity contribution is 0.100. The van der Waals surface area contributed by atoms with Gasteiger partial charge in [-0.05, 0) is 26.0 Å². The van der Waals surface area contributed by atoms with Crippen LogP contribution in [0.15, 0.2) is 24.4 Å². The molecule has 0 aliphatic carbocycles. The van der Waals surface area contributed by atoms with Crippen LogP contribution in [0.4, 0.5) is 0 Å². The van der Waals surface area contributed by atoms with Gasteiger partial charge in [0.25, 0.3) is 5.91 Å². The average Bonchev–Trinajstić information content (AvgIpc) is 2.99. The molecular formula is C14H14N4O2S. The Morgan fingerprint density at radius 1 is 1.48 bits per heavy atom. The predicted molar refractivity (Wildman–Crippen MR) is 80.7 cm³/mol. The topological polar surface area (TPSA) is 82.5 Å². The van der Waals surface area contributed by atoms with Crippen LogP contribution in [0.3, 0.4) is 0 Å². The molecule has 0 aliphatic heterocycles. The third-order valence-corrected chi connectivity index (χ3v) is 4.10. The van der Waals surface area contributed by atoms with Crippen molar-refractivity contribution in [2.24, 2.45) is 5.73 Å². The number of rotatable bonds is 4. The molecule has 0 spiro atoms. The summed E-state index contributed by atoms with van der Waals surface area (Å²) in [5.74, 6) is -0.240. The van der Waals surface area contributed by atoms with Gasteiger partial charge < -0.3 is 10.5 Å². The molecule has 3 aromatic heterocycles. The highest BCUT2D eigenvalue weighted by Gasteiger charge is 2.21. The Labute approximate surface area is 125 Å². The Bertz CT molecular complexity index is 822. The van der Waals surface area contributed by atoms with E-state index in [4.69, 9.17) is 10.5 Å². The zero-order valence-electron chi connectivity index (χ0n) is 11.7. The zero-order chi connectivity index (χ0) is 15.0. The summed E-state index contributed by atoms with van der Waals surface area (Å²) in [6, 6.07) is 5.80. The Morgan fingerprint density at radius 2 is 2.29 bits per heavy atom. The molecule has 108 valence electrons. The first-order chi connectivity index (χ1) is 10.1. The first-order valence-electron chi connectivity index (χ1n) is 6.49. The molecule has 0 atom stereocenters. The first kappa shape index (κ1) is 13.6. The quantitative estimate of drug-likeness (QED) is 0.801. The lowest BCUT2D eigenvalue weighted by Gasteiger charge is -1.98.